The molecule has 5 aromatic heterocycles. The Bertz CT molecular complexity index is 1680. The minimum Gasteiger partial charge on any atom is -0.363 e. The van der Waals surface area contributed by atoms with Gasteiger partial charge in [0.15, 0.2) is 0 Å². The average Bonchev–Trinajstić information content (AvgIpc) is 3.09. The van der Waals surface area contributed by atoms with Crippen LogP contribution in [0.15, 0.2) is 91.6 Å². The van der Waals surface area contributed by atoms with Gasteiger partial charge >= 0.3 is 0 Å². The van der Waals surface area contributed by atoms with E-state index >= 15 is 0 Å². The molecule has 0 amide bonds. The highest BCUT2D eigenvalue weighted by molar-refractivity contribution is 5.80. The molecule has 0 aliphatic heterocycles. The maximum Gasteiger partial charge on any atom is 0.139 e. The summed E-state index contributed by atoms with van der Waals surface area (Å²) in [4.78, 5) is 32.4. The summed E-state index contributed by atoms with van der Waals surface area (Å²) in [6.45, 7) is 13.4. The molecule has 0 saturated carbocycles. The van der Waals surface area contributed by atoms with E-state index in [0.717, 1.165) is 64.6 Å². The van der Waals surface area contributed by atoms with Gasteiger partial charge < -0.3 is 9.80 Å². The molecule has 0 radical (unpaired) electrons. The predicted octanol–water partition coefficient (Wildman–Crippen LogP) is 9.11. The second-order valence-corrected chi connectivity index (χ2v) is 13.9. The molecule has 0 unspecified atom stereocenters. The van der Waals surface area contributed by atoms with Gasteiger partial charge in [0.1, 0.15) is 23.3 Å². The monoisotopic (exact) mass is 643 g/mol. The Kier molecular flexibility index (Phi) is 9.98. The van der Waals surface area contributed by atoms with Crippen LogP contribution >= 0.6 is 0 Å². The molecule has 0 aromatic carbocycles. The topological polar surface area (TPSA) is 77.4 Å². The fourth-order valence-corrected chi connectivity index (χ4v) is 5.32. The smallest absolute Gasteiger partial charge is 0.139 e. The lowest BCUT2D eigenvalue weighted by Crippen LogP contribution is -2.20. The second kappa shape index (κ2) is 14.0. The molecule has 0 atom stereocenters. The Balaban J connectivity index is 1.70. The summed E-state index contributed by atoms with van der Waals surface area (Å²) in [5.41, 5.74) is 5.81. The maximum atomic E-state index is 4.94. The largest absolute Gasteiger partial charge is 0.363 e. The van der Waals surface area contributed by atoms with E-state index in [1.165, 1.54) is 5.56 Å². The van der Waals surface area contributed by atoms with Gasteiger partial charge in [-0.15, -0.1) is 0 Å². The molecular weight excluding hydrogens is 594 g/mol. The molecule has 9 heteroatoms. The van der Waals surface area contributed by atoms with Gasteiger partial charge in [-0.1, -0.05) is 41.5 Å². The number of hydrogen-bond acceptors (Lipinski definition) is 9. The highest BCUT2D eigenvalue weighted by Gasteiger charge is 2.25. The average molecular weight is 644 g/mol. The summed E-state index contributed by atoms with van der Waals surface area (Å²) in [5.74, 6) is 3.31. The maximum absolute atomic E-state index is 4.94. The quantitative estimate of drug-likeness (QED) is 0.132. The van der Waals surface area contributed by atoms with Crippen molar-refractivity contribution in [3.8, 4) is 0 Å². The Morgan fingerprint density at radius 3 is 1.44 bits per heavy atom. The van der Waals surface area contributed by atoms with Gasteiger partial charge in [-0.25, -0.2) is 19.9 Å². The van der Waals surface area contributed by atoms with Crippen LogP contribution in [0.3, 0.4) is 0 Å². The van der Waals surface area contributed by atoms with Crippen molar-refractivity contribution >= 4 is 46.0 Å². The van der Waals surface area contributed by atoms with Crippen LogP contribution < -0.4 is 19.6 Å². The third kappa shape index (κ3) is 7.25. The van der Waals surface area contributed by atoms with Crippen molar-refractivity contribution < 1.29 is 0 Å². The van der Waals surface area contributed by atoms with Crippen molar-refractivity contribution in [2.75, 3.05) is 47.8 Å². The van der Waals surface area contributed by atoms with Gasteiger partial charge in [-0.05, 0) is 78.4 Å². The zero-order valence-corrected chi connectivity index (χ0v) is 30.1. The Labute approximate surface area is 286 Å². The molecule has 0 bridgehead atoms. The lowest BCUT2D eigenvalue weighted by Gasteiger charge is -2.30. The van der Waals surface area contributed by atoms with Crippen LogP contribution in [-0.2, 0) is 10.8 Å². The van der Waals surface area contributed by atoms with Crippen LogP contribution in [0.1, 0.15) is 65.6 Å². The van der Waals surface area contributed by atoms with Crippen LogP contribution in [0, 0.1) is 0 Å². The molecule has 5 rings (SSSR count). The van der Waals surface area contributed by atoms with E-state index in [2.05, 4.69) is 87.7 Å². The zero-order valence-electron chi connectivity index (χ0n) is 30.1. The predicted molar refractivity (Wildman–Crippen MR) is 200 cm³/mol. The normalized spacial score (nSPS) is 11.7. The molecule has 5 heterocycles. The first-order valence-corrected chi connectivity index (χ1v) is 16.6. The lowest BCUT2D eigenvalue weighted by atomic mass is 9.83. The van der Waals surface area contributed by atoms with E-state index in [0.29, 0.717) is 0 Å². The van der Waals surface area contributed by atoms with Gasteiger partial charge in [-0.3, -0.25) is 14.8 Å². The first-order chi connectivity index (χ1) is 22.8. The number of pyridine rings is 5. The third-order valence-corrected chi connectivity index (χ3v) is 9.33. The summed E-state index contributed by atoms with van der Waals surface area (Å²) in [5, 5.41) is 0. The zero-order chi connectivity index (χ0) is 34.6. The first-order valence-electron chi connectivity index (χ1n) is 16.6. The fraction of sp³-hybridized carbons (Fsp3) is 0.359. The molecule has 0 aliphatic carbocycles. The van der Waals surface area contributed by atoms with Crippen LogP contribution in [0.4, 0.5) is 46.0 Å². The van der Waals surface area contributed by atoms with Crippen LogP contribution in [-0.4, -0.2) is 53.1 Å². The Hall–Kier alpha value is -5.05. The number of rotatable bonds is 12. The second-order valence-electron chi connectivity index (χ2n) is 13.9. The van der Waals surface area contributed by atoms with Gasteiger partial charge in [0.25, 0.3) is 0 Å². The van der Waals surface area contributed by atoms with Crippen molar-refractivity contribution in [3.05, 3.63) is 103 Å². The van der Waals surface area contributed by atoms with E-state index in [1.807, 2.05) is 93.2 Å². The molecular formula is C39H49N9. The minimum atomic E-state index is -0.0878. The SMILES string of the molecule is CCC(C)(C)c1ccnc(N(c2ccc(N(C)C)nc2)c2ccnc(N(c3ccc(N(C)C)nc3)c3ccnc(C(C)(C)CC)c3)c2)c1. The van der Waals surface area contributed by atoms with E-state index < -0.39 is 0 Å². The number of anilines is 8. The van der Waals surface area contributed by atoms with Gasteiger partial charge in [0.05, 0.1) is 35.1 Å². The highest BCUT2D eigenvalue weighted by Crippen LogP contribution is 2.40. The molecule has 0 spiro atoms. The molecule has 0 fully saturated rings. The minimum absolute atomic E-state index is 0.00632. The highest BCUT2D eigenvalue weighted by atomic mass is 15.2. The molecule has 0 aliphatic rings. The molecule has 5 aromatic rings. The standard InChI is InChI=1S/C39H49N9/c1-11-38(3,4)28-17-20-41-36(23-28)48(32-14-16-35(44-27-32)46(9)10)30-19-22-42-37(25-30)47(31-13-15-34(43-26-31)45(7)8)29-18-21-40-33(24-29)39(5,6)12-2/h13-27H,11-12H2,1-10H3. The summed E-state index contributed by atoms with van der Waals surface area (Å²) in [6, 6.07) is 20.8. The molecule has 250 valence electrons. The van der Waals surface area contributed by atoms with E-state index in [1.54, 1.807) is 0 Å². The molecule has 0 saturated heterocycles. The molecule has 0 N–H and O–H groups in total. The van der Waals surface area contributed by atoms with Crippen molar-refractivity contribution in [1.29, 1.82) is 0 Å². The summed E-state index contributed by atoms with van der Waals surface area (Å²) < 4.78 is 0. The van der Waals surface area contributed by atoms with Crippen molar-refractivity contribution in [3.63, 3.8) is 0 Å². The van der Waals surface area contributed by atoms with Crippen LogP contribution in [0.5, 0.6) is 0 Å². The first kappa shape index (κ1) is 34.3. The fourth-order valence-electron chi connectivity index (χ4n) is 5.32. The molecule has 48 heavy (non-hydrogen) atoms. The third-order valence-electron chi connectivity index (χ3n) is 9.33. The van der Waals surface area contributed by atoms with Gasteiger partial charge in [0, 0.05) is 64.0 Å². The number of aromatic nitrogens is 5. The summed E-state index contributed by atoms with van der Waals surface area (Å²) in [7, 11) is 7.97. The van der Waals surface area contributed by atoms with E-state index in [4.69, 9.17) is 24.9 Å². The summed E-state index contributed by atoms with van der Waals surface area (Å²) >= 11 is 0. The van der Waals surface area contributed by atoms with Crippen molar-refractivity contribution in [2.24, 2.45) is 0 Å². The number of nitrogens with zero attached hydrogens (tertiary/aromatic N) is 9. The van der Waals surface area contributed by atoms with Crippen LogP contribution in [0.25, 0.3) is 0 Å². The van der Waals surface area contributed by atoms with Crippen molar-refractivity contribution in [1.82, 2.24) is 24.9 Å². The Morgan fingerprint density at radius 1 is 0.479 bits per heavy atom. The molecule has 9 nitrogen and oxygen atoms in total. The van der Waals surface area contributed by atoms with Gasteiger partial charge in [-0.2, -0.15) is 0 Å². The summed E-state index contributed by atoms with van der Waals surface area (Å²) in [6.07, 6.45) is 11.4. The van der Waals surface area contributed by atoms with Crippen LogP contribution in [0.2, 0.25) is 0 Å². The van der Waals surface area contributed by atoms with E-state index in [-0.39, 0.29) is 10.8 Å². The van der Waals surface area contributed by atoms with Crippen molar-refractivity contribution in [2.45, 2.75) is 65.2 Å². The lowest BCUT2D eigenvalue weighted by molar-refractivity contribution is 0.490. The van der Waals surface area contributed by atoms with E-state index in [9.17, 15) is 0 Å². The Morgan fingerprint density at radius 2 is 0.958 bits per heavy atom. The van der Waals surface area contributed by atoms with Gasteiger partial charge in [0.2, 0.25) is 0 Å². The number of hydrogen-bond donors (Lipinski definition) is 0.